The second-order valence-corrected chi connectivity index (χ2v) is 7.04. The van der Waals surface area contributed by atoms with Gasteiger partial charge in [0, 0.05) is 11.0 Å². The van der Waals surface area contributed by atoms with Crippen LogP contribution in [0.25, 0.3) is 0 Å². The predicted octanol–water partition coefficient (Wildman–Crippen LogP) is 1.89. The van der Waals surface area contributed by atoms with Crippen LogP contribution in [-0.4, -0.2) is 28.6 Å². The molecule has 0 saturated carbocycles. The van der Waals surface area contributed by atoms with Crippen LogP contribution in [0.5, 0.6) is 0 Å². The molecule has 0 aliphatic rings. The summed E-state index contributed by atoms with van der Waals surface area (Å²) in [5.74, 6) is 0.244. The molecule has 1 rings (SSSR count). The number of rotatable bonds is 6. The third-order valence-electron chi connectivity index (χ3n) is 2.55. The van der Waals surface area contributed by atoms with Gasteiger partial charge in [-0.3, -0.25) is 0 Å². The minimum Gasteiger partial charge on any atom is -0.319 e. The Morgan fingerprint density at radius 1 is 1.33 bits per heavy atom. The lowest BCUT2D eigenvalue weighted by Gasteiger charge is -2.13. The summed E-state index contributed by atoms with van der Waals surface area (Å²) in [6.45, 7) is 5.11. The summed E-state index contributed by atoms with van der Waals surface area (Å²) in [6.07, 6.45) is 0. The first kappa shape index (κ1) is 15.6. The summed E-state index contributed by atoms with van der Waals surface area (Å²) in [7, 11) is -1.60. The molecule has 0 fully saturated rings. The highest BCUT2D eigenvalue weighted by atomic mass is 79.9. The molecule has 4 nitrogen and oxygen atoms in total. The van der Waals surface area contributed by atoms with Gasteiger partial charge in [-0.2, -0.15) is 0 Å². The third-order valence-corrected chi connectivity index (χ3v) is 4.95. The molecule has 2 N–H and O–H groups in total. The SMILES string of the molecule is CNCC(C)CNS(=O)(=O)c1ccc(C)cc1Br. The van der Waals surface area contributed by atoms with E-state index in [-0.39, 0.29) is 10.8 Å². The number of nitrogens with one attached hydrogen (secondary N) is 2. The average Bonchev–Trinajstić information content (AvgIpc) is 2.26. The van der Waals surface area contributed by atoms with Gasteiger partial charge in [-0.1, -0.05) is 13.0 Å². The molecule has 0 radical (unpaired) electrons. The summed E-state index contributed by atoms with van der Waals surface area (Å²) < 4.78 is 27.4. The molecule has 0 saturated heterocycles. The van der Waals surface area contributed by atoms with Crippen LogP contribution in [0.3, 0.4) is 0 Å². The van der Waals surface area contributed by atoms with Gasteiger partial charge in [0.2, 0.25) is 10.0 Å². The van der Waals surface area contributed by atoms with Crippen LogP contribution in [0.1, 0.15) is 12.5 Å². The summed E-state index contributed by atoms with van der Waals surface area (Å²) in [5, 5.41) is 3.02. The Bertz CT molecular complexity index is 503. The molecule has 0 aromatic heterocycles. The van der Waals surface area contributed by atoms with E-state index in [2.05, 4.69) is 26.0 Å². The molecular weight excluding hydrogens is 316 g/mol. The predicted molar refractivity (Wildman–Crippen MR) is 77.2 cm³/mol. The van der Waals surface area contributed by atoms with Crippen molar-refractivity contribution in [2.45, 2.75) is 18.7 Å². The maximum absolute atomic E-state index is 12.1. The molecule has 0 bridgehead atoms. The van der Waals surface area contributed by atoms with Crippen molar-refractivity contribution in [3.8, 4) is 0 Å². The summed E-state index contributed by atoms with van der Waals surface area (Å²) in [6, 6.07) is 5.20. The maximum atomic E-state index is 12.1. The normalized spacial score (nSPS) is 13.6. The zero-order chi connectivity index (χ0) is 13.8. The van der Waals surface area contributed by atoms with Gasteiger partial charge in [0.25, 0.3) is 0 Å². The Hall–Kier alpha value is -0.430. The second-order valence-electron chi connectivity index (χ2n) is 4.45. The van der Waals surface area contributed by atoms with Crippen LogP contribution >= 0.6 is 15.9 Å². The summed E-state index contributed by atoms with van der Waals surface area (Å²) in [4.78, 5) is 0.282. The molecule has 18 heavy (non-hydrogen) atoms. The number of aryl methyl sites for hydroxylation is 1. The van der Waals surface area contributed by atoms with E-state index < -0.39 is 10.0 Å². The van der Waals surface area contributed by atoms with Gasteiger partial charge in [-0.25, -0.2) is 13.1 Å². The minimum atomic E-state index is -3.45. The van der Waals surface area contributed by atoms with Crippen LogP contribution in [0.2, 0.25) is 0 Å². The average molecular weight is 335 g/mol. The lowest BCUT2D eigenvalue weighted by molar-refractivity contribution is 0.519. The van der Waals surface area contributed by atoms with E-state index in [1.807, 2.05) is 20.9 Å². The molecule has 0 aliphatic carbocycles. The van der Waals surface area contributed by atoms with Gasteiger partial charge >= 0.3 is 0 Å². The highest BCUT2D eigenvalue weighted by Gasteiger charge is 2.17. The largest absolute Gasteiger partial charge is 0.319 e. The standard InChI is InChI=1S/C12H19BrN2O2S/c1-9-4-5-12(11(13)6-9)18(16,17)15-8-10(2)7-14-3/h4-6,10,14-15H,7-8H2,1-3H3. The summed E-state index contributed by atoms with van der Waals surface area (Å²) in [5.41, 5.74) is 1.02. The van der Waals surface area contributed by atoms with Crippen LogP contribution in [0.4, 0.5) is 0 Å². The van der Waals surface area contributed by atoms with E-state index in [0.29, 0.717) is 11.0 Å². The Morgan fingerprint density at radius 3 is 2.56 bits per heavy atom. The molecule has 0 aliphatic heterocycles. The van der Waals surface area contributed by atoms with Crippen molar-refractivity contribution in [1.29, 1.82) is 0 Å². The maximum Gasteiger partial charge on any atom is 0.241 e. The van der Waals surface area contributed by atoms with Gasteiger partial charge in [0.05, 0.1) is 4.90 Å². The molecule has 1 aromatic carbocycles. The first-order valence-corrected chi connectivity index (χ1v) is 8.05. The fourth-order valence-electron chi connectivity index (χ4n) is 1.57. The Labute approximate surface area is 117 Å². The van der Waals surface area contributed by atoms with Gasteiger partial charge < -0.3 is 5.32 Å². The van der Waals surface area contributed by atoms with Gasteiger partial charge in [0.1, 0.15) is 0 Å². The number of halogens is 1. The van der Waals surface area contributed by atoms with E-state index in [4.69, 9.17) is 0 Å². The molecule has 0 amide bonds. The molecule has 6 heteroatoms. The first-order chi connectivity index (χ1) is 8.36. The Kier molecular flexibility index (Phi) is 5.78. The Morgan fingerprint density at radius 2 is 2.00 bits per heavy atom. The molecule has 1 aromatic rings. The highest BCUT2D eigenvalue weighted by Crippen LogP contribution is 2.22. The fraction of sp³-hybridized carbons (Fsp3) is 0.500. The van der Waals surface area contributed by atoms with Gasteiger partial charge in [-0.15, -0.1) is 0 Å². The van der Waals surface area contributed by atoms with Crippen LogP contribution in [-0.2, 0) is 10.0 Å². The van der Waals surface area contributed by atoms with E-state index >= 15 is 0 Å². The van der Waals surface area contributed by atoms with E-state index in [1.54, 1.807) is 18.2 Å². The lowest BCUT2D eigenvalue weighted by atomic mass is 10.2. The van der Waals surface area contributed by atoms with Crippen molar-refractivity contribution in [2.75, 3.05) is 20.1 Å². The van der Waals surface area contributed by atoms with Crippen molar-refractivity contribution in [2.24, 2.45) is 5.92 Å². The van der Waals surface area contributed by atoms with E-state index in [9.17, 15) is 8.42 Å². The highest BCUT2D eigenvalue weighted by molar-refractivity contribution is 9.10. The smallest absolute Gasteiger partial charge is 0.241 e. The van der Waals surface area contributed by atoms with E-state index in [1.165, 1.54) is 0 Å². The molecule has 102 valence electrons. The number of hydrogen-bond donors (Lipinski definition) is 2. The van der Waals surface area contributed by atoms with Crippen molar-refractivity contribution < 1.29 is 8.42 Å². The van der Waals surface area contributed by atoms with Crippen molar-refractivity contribution in [3.05, 3.63) is 28.2 Å². The first-order valence-electron chi connectivity index (χ1n) is 5.77. The zero-order valence-electron chi connectivity index (χ0n) is 10.8. The number of benzene rings is 1. The van der Waals surface area contributed by atoms with Crippen molar-refractivity contribution in [1.82, 2.24) is 10.0 Å². The minimum absolute atomic E-state index is 0.244. The van der Waals surface area contributed by atoms with Crippen molar-refractivity contribution >= 4 is 26.0 Å². The Balaban J connectivity index is 2.80. The second kappa shape index (κ2) is 6.65. The van der Waals surface area contributed by atoms with Crippen LogP contribution in [0.15, 0.2) is 27.6 Å². The third kappa shape index (κ3) is 4.35. The van der Waals surface area contributed by atoms with Gasteiger partial charge in [-0.05, 0) is 60.1 Å². The number of hydrogen-bond acceptors (Lipinski definition) is 3. The molecular formula is C12H19BrN2O2S. The summed E-state index contributed by atoms with van der Waals surface area (Å²) >= 11 is 3.29. The topological polar surface area (TPSA) is 58.2 Å². The molecule has 0 spiro atoms. The number of sulfonamides is 1. The molecule has 1 atom stereocenters. The van der Waals surface area contributed by atoms with Crippen LogP contribution in [0, 0.1) is 12.8 Å². The van der Waals surface area contributed by atoms with Crippen LogP contribution < -0.4 is 10.0 Å². The zero-order valence-corrected chi connectivity index (χ0v) is 13.2. The van der Waals surface area contributed by atoms with E-state index in [0.717, 1.165) is 12.1 Å². The molecule has 0 heterocycles. The van der Waals surface area contributed by atoms with Gasteiger partial charge in [0.15, 0.2) is 0 Å². The fourth-order valence-corrected chi connectivity index (χ4v) is 3.93. The quantitative estimate of drug-likeness (QED) is 0.835. The van der Waals surface area contributed by atoms with Crippen molar-refractivity contribution in [3.63, 3.8) is 0 Å². The lowest BCUT2D eigenvalue weighted by Crippen LogP contribution is -2.32. The monoisotopic (exact) mass is 334 g/mol. The molecule has 1 unspecified atom stereocenters.